The van der Waals surface area contributed by atoms with Crippen molar-refractivity contribution in [2.24, 2.45) is 16.6 Å². The third-order valence-corrected chi connectivity index (χ3v) is 3.42. The van der Waals surface area contributed by atoms with E-state index < -0.39 is 0 Å². The zero-order valence-electron chi connectivity index (χ0n) is 12.3. The Balaban J connectivity index is 0.00000220. The zero-order chi connectivity index (χ0) is 14.4. The van der Waals surface area contributed by atoms with Crippen molar-refractivity contribution in [2.75, 3.05) is 25.0 Å². The van der Waals surface area contributed by atoms with E-state index >= 15 is 0 Å². The lowest BCUT2D eigenvalue weighted by molar-refractivity contribution is -0.114. The maximum Gasteiger partial charge on any atom is 0.246 e. The van der Waals surface area contributed by atoms with Crippen molar-refractivity contribution >= 4 is 41.5 Å². The Hall–Kier alpha value is -1.31. The second-order valence-corrected chi connectivity index (χ2v) is 5.28. The Labute approximate surface area is 143 Å². The van der Waals surface area contributed by atoms with Crippen LogP contribution in [0.5, 0.6) is 0 Å². The lowest BCUT2D eigenvalue weighted by Crippen LogP contribution is -2.43. The van der Waals surface area contributed by atoms with E-state index in [1.807, 2.05) is 30.3 Å². The number of rotatable bonds is 3. The molecule has 1 aliphatic rings. The molecule has 1 aliphatic heterocycles. The molecule has 0 aromatic heterocycles. The Morgan fingerprint density at radius 1 is 1.43 bits per heavy atom. The minimum atomic E-state index is -0.149. The minimum absolute atomic E-state index is 0. The van der Waals surface area contributed by atoms with Crippen LogP contribution < -0.4 is 11.1 Å². The second-order valence-electron chi connectivity index (χ2n) is 5.28. The summed E-state index contributed by atoms with van der Waals surface area (Å²) in [5, 5.41) is 2.79. The molecule has 3 N–H and O–H groups in total. The van der Waals surface area contributed by atoms with Gasteiger partial charge in [-0.1, -0.05) is 25.1 Å². The predicted octanol–water partition coefficient (Wildman–Crippen LogP) is 2.29. The monoisotopic (exact) mass is 402 g/mol. The number of hydrogen-bond donors (Lipinski definition) is 2. The van der Waals surface area contributed by atoms with Crippen molar-refractivity contribution < 1.29 is 4.79 Å². The summed E-state index contributed by atoms with van der Waals surface area (Å²) in [5.74, 6) is 0.958. The first-order chi connectivity index (χ1) is 9.65. The Morgan fingerprint density at radius 3 is 2.81 bits per heavy atom. The third kappa shape index (κ3) is 5.91. The van der Waals surface area contributed by atoms with Gasteiger partial charge >= 0.3 is 0 Å². The molecule has 0 saturated carbocycles. The van der Waals surface area contributed by atoms with Crippen LogP contribution in [0.2, 0.25) is 0 Å². The highest BCUT2D eigenvalue weighted by molar-refractivity contribution is 14.0. The first-order valence-corrected chi connectivity index (χ1v) is 7.05. The van der Waals surface area contributed by atoms with Gasteiger partial charge in [-0.15, -0.1) is 24.0 Å². The molecule has 6 heteroatoms. The van der Waals surface area contributed by atoms with E-state index in [1.165, 1.54) is 6.42 Å². The molecule has 5 nitrogen and oxygen atoms in total. The average molecular weight is 402 g/mol. The molecule has 0 bridgehead atoms. The molecular formula is C15H23IN4O. The fourth-order valence-corrected chi connectivity index (χ4v) is 2.37. The molecule has 1 amide bonds. The Morgan fingerprint density at radius 2 is 2.14 bits per heavy atom. The smallest absolute Gasteiger partial charge is 0.246 e. The lowest BCUT2D eigenvalue weighted by atomic mass is 10.0. The first kappa shape index (κ1) is 17.7. The summed E-state index contributed by atoms with van der Waals surface area (Å²) < 4.78 is 0. The quantitative estimate of drug-likeness (QED) is 0.463. The molecule has 1 heterocycles. The Kier molecular flexibility index (Phi) is 7.49. The lowest BCUT2D eigenvalue weighted by Gasteiger charge is -2.31. The fourth-order valence-electron chi connectivity index (χ4n) is 2.37. The molecule has 0 aliphatic carbocycles. The number of guanidine groups is 1. The van der Waals surface area contributed by atoms with Crippen LogP contribution in [0.25, 0.3) is 0 Å². The van der Waals surface area contributed by atoms with Crippen molar-refractivity contribution in [3.8, 4) is 0 Å². The van der Waals surface area contributed by atoms with Gasteiger partial charge in [0.05, 0.1) is 0 Å². The largest absolute Gasteiger partial charge is 0.370 e. The zero-order valence-corrected chi connectivity index (χ0v) is 14.6. The van der Waals surface area contributed by atoms with Crippen LogP contribution in [-0.2, 0) is 4.79 Å². The van der Waals surface area contributed by atoms with Gasteiger partial charge in [0.1, 0.15) is 6.54 Å². The molecule has 1 aromatic carbocycles. The van der Waals surface area contributed by atoms with Crippen LogP contribution in [0.1, 0.15) is 19.8 Å². The van der Waals surface area contributed by atoms with E-state index in [0.29, 0.717) is 11.9 Å². The molecule has 0 spiro atoms. The number of amides is 1. The molecule has 1 aromatic rings. The van der Waals surface area contributed by atoms with Crippen LogP contribution >= 0.6 is 24.0 Å². The summed E-state index contributed by atoms with van der Waals surface area (Å²) in [4.78, 5) is 18.0. The Bertz CT molecular complexity index is 478. The maximum atomic E-state index is 11.8. The van der Waals surface area contributed by atoms with Crippen molar-refractivity contribution in [3.05, 3.63) is 30.3 Å². The summed E-state index contributed by atoms with van der Waals surface area (Å²) in [6.45, 7) is 4.13. The molecule has 1 saturated heterocycles. The van der Waals surface area contributed by atoms with E-state index in [4.69, 9.17) is 5.73 Å². The van der Waals surface area contributed by atoms with Gasteiger partial charge in [-0.3, -0.25) is 4.79 Å². The van der Waals surface area contributed by atoms with E-state index in [1.54, 1.807) is 0 Å². The van der Waals surface area contributed by atoms with Gasteiger partial charge in [0, 0.05) is 18.8 Å². The second kappa shape index (κ2) is 8.86. The number of nitrogens with two attached hydrogens (primary N) is 1. The number of aliphatic imine (C=N–C) groups is 1. The number of benzene rings is 1. The molecule has 1 fully saturated rings. The predicted molar refractivity (Wildman–Crippen MR) is 96.9 cm³/mol. The van der Waals surface area contributed by atoms with E-state index in [2.05, 4.69) is 22.1 Å². The number of nitrogens with one attached hydrogen (secondary N) is 1. The SMILES string of the molecule is CC1CCCN(C(N)=NCC(=O)Nc2ccccc2)C1.I. The van der Waals surface area contributed by atoms with Gasteiger partial charge in [-0.2, -0.15) is 0 Å². The summed E-state index contributed by atoms with van der Waals surface area (Å²) in [6.07, 6.45) is 2.37. The standard InChI is InChI=1S/C15H22N4O.HI/c1-12-6-5-9-19(11-12)15(16)17-10-14(20)18-13-7-3-2-4-8-13;/h2-4,7-8,12H,5-6,9-11H2,1H3,(H2,16,17)(H,18,20);1H. The number of nitrogens with zero attached hydrogens (tertiary/aromatic N) is 2. The minimum Gasteiger partial charge on any atom is -0.370 e. The van der Waals surface area contributed by atoms with Crippen molar-refractivity contribution in [3.63, 3.8) is 0 Å². The van der Waals surface area contributed by atoms with Gasteiger partial charge in [0.25, 0.3) is 0 Å². The molecule has 1 unspecified atom stereocenters. The van der Waals surface area contributed by atoms with Gasteiger partial charge in [0.2, 0.25) is 5.91 Å². The summed E-state index contributed by atoms with van der Waals surface area (Å²) >= 11 is 0. The number of carbonyl (C=O) groups excluding carboxylic acids is 1. The number of carbonyl (C=O) groups is 1. The van der Waals surface area contributed by atoms with Crippen LogP contribution in [0.4, 0.5) is 5.69 Å². The highest BCUT2D eigenvalue weighted by Gasteiger charge is 2.17. The highest BCUT2D eigenvalue weighted by Crippen LogP contribution is 2.14. The fraction of sp³-hybridized carbons (Fsp3) is 0.467. The average Bonchev–Trinajstić information content (AvgIpc) is 2.46. The van der Waals surface area contributed by atoms with Gasteiger partial charge < -0.3 is 16.0 Å². The van der Waals surface area contributed by atoms with Gasteiger partial charge in [-0.25, -0.2) is 4.99 Å². The molecule has 0 radical (unpaired) electrons. The van der Waals surface area contributed by atoms with Crippen LogP contribution in [-0.4, -0.2) is 36.4 Å². The number of anilines is 1. The molecular weight excluding hydrogens is 379 g/mol. The summed E-state index contributed by atoms with van der Waals surface area (Å²) in [5.41, 5.74) is 6.72. The molecule has 1 atom stereocenters. The number of halogens is 1. The van der Waals surface area contributed by atoms with Crippen molar-refractivity contribution in [1.29, 1.82) is 0 Å². The summed E-state index contributed by atoms with van der Waals surface area (Å²) in [6, 6.07) is 9.35. The number of likely N-dealkylation sites (tertiary alicyclic amines) is 1. The van der Waals surface area contributed by atoms with Crippen molar-refractivity contribution in [2.45, 2.75) is 19.8 Å². The normalized spacial score (nSPS) is 18.8. The molecule has 21 heavy (non-hydrogen) atoms. The number of piperidine rings is 1. The van der Waals surface area contributed by atoms with Crippen molar-refractivity contribution in [1.82, 2.24) is 4.90 Å². The van der Waals surface area contributed by atoms with Crippen LogP contribution in [0.3, 0.4) is 0 Å². The number of para-hydroxylation sites is 1. The van der Waals surface area contributed by atoms with Gasteiger partial charge in [-0.05, 0) is 30.9 Å². The topological polar surface area (TPSA) is 70.7 Å². The van der Waals surface area contributed by atoms with Crippen LogP contribution in [0.15, 0.2) is 35.3 Å². The molecule has 2 rings (SSSR count). The highest BCUT2D eigenvalue weighted by atomic mass is 127. The van der Waals surface area contributed by atoms with Gasteiger partial charge in [0.15, 0.2) is 5.96 Å². The third-order valence-electron chi connectivity index (χ3n) is 3.42. The number of hydrogen-bond acceptors (Lipinski definition) is 2. The summed E-state index contributed by atoms with van der Waals surface area (Å²) in [7, 11) is 0. The molecule has 116 valence electrons. The van der Waals surface area contributed by atoms with Crippen LogP contribution in [0, 0.1) is 5.92 Å². The maximum absolute atomic E-state index is 11.8. The van der Waals surface area contributed by atoms with E-state index in [0.717, 1.165) is 25.2 Å². The first-order valence-electron chi connectivity index (χ1n) is 7.05. The van der Waals surface area contributed by atoms with E-state index in [9.17, 15) is 4.79 Å². The van der Waals surface area contributed by atoms with E-state index in [-0.39, 0.29) is 36.4 Å².